The summed E-state index contributed by atoms with van der Waals surface area (Å²) < 4.78 is 33.6. The largest absolute Gasteiger partial charge is 0.373 e. The van der Waals surface area contributed by atoms with Gasteiger partial charge in [-0.3, -0.25) is 9.48 Å². The van der Waals surface area contributed by atoms with E-state index in [1.807, 2.05) is 14.0 Å². The Morgan fingerprint density at radius 2 is 2.20 bits per heavy atom. The van der Waals surface area contributed by atoms with Crippen LogP contribution in [0.4, 0.5) is 8.78 Å². The standard InChI is InChI=1S/C18H21F2N3O2/c1-11-14(10-22-23(11)2)17-13(6-8-25-17)18(24)21-7-5-12-3-4-15(19)16(20)9-12/h3-4,9-10,13,17H,5-8H2,1-2H3,(H,21,24)/t13-,17-/m0/s1. The molecule has 1 aliphatic heterocycles. The minimum atomic E-state index is -0.875. The number of hydrogen-bond acceptors (Lipinski definition) is 3. The molecule has 0 unspecified atom stereocenters. The van der Waals surface area contributed by atoms with E-state index < -0.39 is 11.6 Å². The molecule has 1 aliphatic rings. The van der Waals surface area contributed by atoms with Crippen molar-refractivity contribution >= 4 is 5.91 Å². The number of aromatic nitrogens is 2. The highest BCUT2D eigenvalue weighted by Gasteiger charge is 2.36. The van der Waals surface area contributed by atoms with Crippen molar-refractivity contribution in [1.29, 1.82) is 0 Å². The zero-order valence-corrected chi connectivity index (χ0v) is 14.3. The van der Waals surface area contributed by atoms with Crippen LogP contribution in [0.5, 0.6) is 0 Å². The zero-order valence-electron chi connectivity index (χ0n) is 14.3. The molecule has 0 saturated carbocycles. The highest BCUT2D eigenvalue weighted by Crippen LogP contribution is 2.35. The molecule has 25 heavy (non-hydrogen) atoms. The topological polar surface area (TPSA) is 56.1 Å². The molecule has 1 saturated heterocycles. The number of nitrogens with one attached hydrogen (secondary N) is 1. The van der Waals surface area contributed by atoms with Crippen molar-refractivity contribution in [3.8, 4) is 0 Å². The van der Waals surface area contributed by atoms with E-state index in [1.165, 1.54) is 6.07 Å². The summed E-state index contributed by atoms with van der Waals surface area (Å²) in [5.74, 6) is -2.10. The number of nitrogens with zero attached hydrogens (tertiary/aromatic N) is 2. The van der Waals surface area contributed by atoms with E-state index >= 15 is 0 Å². The maximum Gasteiger partial charge on any atom is 0.226 e. The van der Waals surface area contributed by atoms with Crippen LogP contribution in [-0.2, 0) is 23.0 Å². The van der Waals surface area contributed by atoms with Gasteiger partial charge in [0.2, 0.25) is 5.91 Å². The minimum absolute atomic E-state index is 0.0895. The molecule has 0 spiro atoms. The van der Waals surface area contributed by atoms with Crippen LogP contribution in [0.15, 0.2) is 24.4 Å². The monoisotopic (exact) mass is 349 g/mol. The molecule has 1 aromatic heterocycles. The van der Waals surface area contributed by atoms with Gasteiger partial charge in [-0.15, -0.1) is 0 Å². The van der Waals surface area contributed by atoms with Gasteiger partial charge < -0.3 is 10.1 Å². The smallest absolute Gasteiger partial charge is 0.226 e. The molecule has 134 valence electrons. The first-order valence-electron chi connectivity index (χ1n) is 8.29. The second-order valence-electron chi connectivity index (χ2n) is 6.28. The van der Waals surface area contributed by atoms with Crippen LogP contribution in [0.1, 0.15) is 29.3 Å². The predicted octanol–water partition coefficient (Wildman–Crippen LogP) is 2.44. The summed E-state index contributed by atoms with van der Waals surface area (Å²) in [4.78, 5) is 12.5. The second-order valence-corrected chi connectivity index (χ2v) is 6.28. The lowest BCUT2D eigenvalue weighted by atomic mass is 9.95. The van der Waals surface area contributed by atoms with Gasteiger partial charge >= 0.3 is 0 Å². The zero-order chi connectivity index (χ0) is 18.0. The van der Waals surface area contributed by atoms with Gasteiger partial charge in [-0.2, -0.15) is 5.10 Å². The summed E-state index contributed by atoms with van der Waals surface area (Å²) in [6.07, 6.45) is 2.53. The van der Waals surface area contributed by atoms with Gasteiger partial charge in [-0.25, -0.2) is 8.78 Å². The minimum Gasteiger partial charge on any atom is -0.373 e. The third kappa shape index (κ3) is 3.71. The molecular weight excluding hydrogens is 328 g/mol. The van der Waals surface area contributed by atoms with Gasteiger partial charge in [0.05, 0.1) is 18.2 Å². The molecule has 0 radical (unpaired) electrons. The van der Waals surface area contributed by atoms with Crippen LogP contribution in [-0.4, -0.2) is 28.8 Å². The molecule has 1 fully saturated rings. The molecule has 0 aliphatic carbocycles. The Balaban J connectivity index is 1.58. The Morgan fingerprint density at radius 1 is 1.40 bits per heavy atom. The molecule has 2 atom stereocenters. The molecule has 0 bridgehead atoms. The number of aryl methyl sites for hydroxylation is 1. The normalized spacial score (nSPS) is 20.0. The second kappa shape index (κ2) is 7.31. The van der Waals surface area contributed by atoms with E-state index in [-0.39, 0.29) is 17.9 Å². The molecule has 1 aromatic carbocycles. The number of carbonyl (C=O) groups is 1. The van der Waals surface area contributed by atoms with Crippen molar-refractivity contribution in [2.45, 2.75) is 25.9 Å². The van der Waals surface area contributed by atoms with Crippen LogP contribution >= 0.6 is 0 Å². The van der Waals surface area contributed by atoms with Gasteiger partial charge in [-0.05, 0) is 37.5 Å². The average Bonchev–Trinajstić information content (AvgIpc) is 3.18. The molecule has 1 N–H and O–H groups in total. The Hall–Kier alpha value is -2.28. The van der Waals surface area contributed by atoms with E-state index in [9.17, 15) is 13.6 Å². The number of hydrogen-bond donors (Lipinski definition) is 1. The number of ether oxygens (including phenoxy) is 1. The number of amides is 1. The fraction of sp³-hybridized carbons (Fsp3) is 0.444. The van der Waals surface area contributed by atoms with Gasteiger partial charge in [-0.1, -0.05) is 6.07 Å². The van der Waals surface area contributed by atoms with E-state index in [0.717, 1.165) is 23.4 Å². The van der Waals surface area contributed by atoms with Gasteiger partial charge in [0.25, 0.3) is 0 Å². The summed E-state index contributed by atoms with van der Waals surface area (Å²) in [6.45, 7) is 2.83. The molecule has 2 heterocycles. The van der Waals surface area contributed by atoms with E-state index in [1.54, 1.807) is 10.9 Å². The molecular formula is C18H21F2N3O2. The summed E-state index contributed by atoms with van der Waals surface area (Å²) in [5.41, 5.74) is 2.55. The quantitative estimate of drug-likeness (QED) is 0.902. The average molecular weight is 349 g/mol. The molecule has 3 rings (SSSR count). The van der Waals surface area contributed by atoms with Crippen molar-refractivity contribution in [2.24, 2.45) is 13.0 Å². The lowest BCUT2D eigenvalue weighted by molar-refractivity contribution is -0.126. The molecule has 5 nitrogen and oxygen atoms in total. The Kier molecular flexibility index (Phi) is 5.13. The lowest BCUT2D eigenvalue weighted by Gasteiger charge is -2.18. The molecule has 1 amide bonds. The molecule has 2 aromatic rings. The van der Waals surface area contributed by atoms with Gasteiger partial charge in [0.1, 0.15) is 0 Å². The van der Waals surface area contributed by atoms with E-state index in [4.69, 9.17) is 4.74 Å². The Morgan fingerprint density at radius 3 is 2.88 bits per heavy atom. The summed E-state index contributed by atoms with van der Waals surface area (Å²) in [5, 5.41) is 7.08. The van der Waals surface area contributed by atoms with Crippen molar-refractivity contribution in [1.82, 2.24) is 15.1 Å². The third-order valence-corrected chi connectivity index (χ3v) is 4.71. The first kappa shape index (κ1) is 17.5. The number of benzene rings is 1. The fourth-order valence-corrected chi connectivity index (χ4v) is 3.12. The van der Waals surface area contributed by atoms with Crippen LogP contribution in [0, 0.1) is 24.5 Å². The van der Waals surface area contributed by atoms with E-state index in [0.29, 0.717) is 31.6 Å². The summed E-state index contributed by atoms with van der Waals surface area (Å²) in [6, 6.07) is 3.77. The van der Waals surface area contributed by atoms with Crippen molar-refractivity contribution in [2.75, 3.05) is 13.2 Å². The Labute approximate surface area is 145 Å². The van der Waals surface area contributed by atoms with Crippen molar-refractivity contribution in [3.63, 3.8) is 0 Å². The highest BCUT2D eigenvalue weighted by molar-refractivity contribution is 5.79. The number of halogens is 2. The van der Waals surface area contributed by atoms with Crippen LogP contribution in [0.2, 0.25) is 0 Å². The summed E-state index contributed by atoms with van der Waals surface area (Å²) in [7, 11) is 1.85. The summed E-state index contributed by atoms with van der Waals surface area (Å²) >= 11 is 0. The van der Waals surface area contributed by atoms with Gasteiger partial charge in [0.15, 0.2) is 11.6 Å². The number of carbonyl (C=O) groups excluding carboxylic acids is 1. The first-order valence-corrected chi connectivity index (χ1v) is 8.29. The maximum absolute atomic E-state index is 13.2. The van der Waals surface area contributed by atoms with Crippen LogP contribution < -0.4 is 5.32 Å². The third-order valence-electron chi connectivity index (χ3n) is 4.71. The SMILES string of the molecule is Cc1c([C@H]2OCC[C@@H]2C(=O)NCCc2ccc(F)c(F)c2)cnn1C. The van der Waals surface area contributed by atoms with Gasteiger partial charge in [0, 0.05) is 31.5 Å². The van der Waals surface area contributed by atoms with Crippen LogP contribution in [0.25, 0.3) is 0 Å². The highest BCUT2D eigenvalue weighted by atomic mass is 19.2. The maximum atomic E-state index is 13.2. The number of rotatable bonds is 5. The lowest BCUT2D eigenvalue weighted by Crippen LogP contribution is -2.33. The van der Waals surface area contributed by atoms with E-state index in [2.05, 4.69) is 10.4 Å². The Bertz CT molecular complexity index is 776. The van der Waals surface area contributed by atoms with Crippen molar-refractivity contribution < 1.29 is 18.3 Å². The van der Waals surface area contributed by atoms with Crippen molar-refractivity contribution in [3.05, 3.63) is 52.9 Å². The predicted molar refractivity (Wildman–Crippen MR) is 87.8 cm³/mol. The molecule has 7 heteroatoms. The fourth-order valence-electron chi connectivity index (χ4n) is 3.12. The van der Waals surface area contributed by atoms with Crippen LogP contribution in [0.3, 0.4) is 0 Å². The first-order chi connectivity index (χ1) is 12.0.